The molecule has 2 aromatic heterocycles. The Morgan fingerprint density at radius 1 is 1.03 bits per heavy atom. The number of hydrogen-bond acceptors (Lipinski definition) is 9. The zero-order valence-electron chi connectivity index (χ0n) is 17.9. The molecular weight excluding hydrogens is 601 g/mol. The van der Waals surface area contributed by atoms with Gasteiger partial charge in [0.2, 0.25) is 5.91 Å². The van der Waals surface area contributed by atoms with Gasteiger partial charge in [-0.2, -0.15) is 0 Å². The fourth-order valence-corrected chi connectivity index (χ4v) is 3.30. The van der Waals surface area contributed by atoms with Gasteiger partial charge in [0.15, 0.2) is 0 Å². The third-order valence-electron chi connectivity index (χ3n) is 4.55. The Labute approximate surface area is 207 Å². The largest absolute Gasteiger partial charge is 0.545 e. The summed E-state index contributed by atoms with van der Waals surface area (Å²) in [5.74, 6) is -0.624. The Bertz CT molecular complexity index is 717. The van der Waals surface area contributed by atoms with E-state index in [9.17, 15) is 14.8 Å². The van der Waals surface area contributed by atoms with Gasteiger partial charge in [0.1, 0.15) is 0 Å². The molecule has 1 unspecified atom stereocenters. The van der Waals surface area contributed by atoms with Crippen LogP contribution in [0.5, 0.6) is 0 Å². The Morgan fingerprint density at radius 2 is 1.52 bits per heavy atom. The van der Waals surface area contributed by atoms with E-state index in [2.05, 4.69) is 30.3 Å². The van der Waals surface area contributed by atoms with Crippen LogP contribution in [-0.2, 0) is 52.7 Å². The van der Waals surface area contributed by atoms with Gasteiger partial charge in [-0.25, -0.2) is 0 Å². The number of carbonyl (C=O) groups excluding carboxylic acids is 4. The molecule has 1 aliphatic heterocycles. The standard InChI is InChI=1S/C18H23BN4O3.3CHO.Re/c24-18(23-11-5-8-17(23)19(25)26)14-22(12-15-6-1-3-9-20-15)13-16-7-2-4-10-21-16;3*1-2;/h1-4,6-7,9-10,17,25-26H,5,8,11-14H2;3*1H;/q;2*-1;+1;. The van der Waals surface area contributed by atoms with Gasteiger partial charge in [0.05, 0.1) is 23.9 Å². The molecule has 1 saturated heterocycles. The number of aromatic nitrogens is 2. The van der Waals surface area contributed by atoms with Crippen LogP contribution in [-0.4, -0.2) is 82.2 Å². The Kier molecular flexibility index (Phi) is 19.6. The number of nitrogens with zero attached hydrogens (tertiary/aromatic N) is 4. The van der Waals surface area contributed by atoms with Crippen LogP contribution < -0.4 is 0 Å². The third kappa shape index (κ3) is 11.6. The summed E-state index contributed by atoms with van der Waals surface area (Å²) >= 11 is 0. The van der Waals surface area contributed by atoms with E-state index in [0.717, 1.165) is 17.8 Å². The summed E-state index contributed by atoms with van der Waals surface area (Å²) in [6, 6.07) is 11.4. The molecule has 3 rings (SSSR count). The van der Waals surface area contributed by atoms with Crippen molar-refractivity contribution < 1.29 is 49.6 Å². The average Bonchev–Trinajstić information content (AvgIpc) is 3.35. The minimum Gasteiger partial charge on any atom is -0.545 e. The van der Waals surface area contributed by atoms with E-state index in [-0.39, 0.29) is 32.9 Å². The van der Waals surface area contributed by atoms with Crippen LogP contribution in [0.4, 0.5) is 0 Å². The van der Waals surface area contributed by atoms with Gasteiger partial charge < -0.3 is 24.5 Å². The number of pyridine rings is 2. The van der Waals surface area contributed by atoms with Crippen LogP contribution in [0.15, 0.2) is 48.8 Å². The first-order chi connectivity index (χ1) is 15.6. The molecule has 12 heteroatoms. The topological polar surface area (TPSA) is 141 Å². The van der Waals surface area contributed by atoms with E-state index < -0.39 is 13.1 Å². The molecule has 0 spiro atoms. The number of amides is 1. The van der Waals surface area contributed by atoms with Crippen molar-refractivity contribution in [3.05, 3.63) is 60.2 Å². The summed E-state index contributed by atoms with van der Waals surface area (Å²) < 4.78 is 0. The first kappa shape index (κ1) is 32.5. The molecule has 3 heterocycles. The maximum Gasteiger partial charge on any atom is 0.490 e. The van der Waals surface area contributed by atoms with Crippen LogP contribution in [0, 0.1) is 0 Å². The van der Waals surface area contributed by atoms with E-state index in [0.29, 0.717) is 26.1 Å². The minimum atomic E-state index is -1.50. The van der Waals surface area contributed by atoms with Gasteiger partial charge in [-0.1, -0.05) is 12.1 Å². The monoisotopic (exact) mass is 628 g/mol. The van der Waals surface area contributed by atoms with Crippen molar-refractivity contribution in [2.45, 2.75) is 31.9 Å². The molecule has 1 amide bonds. The second kappa shape index (κ2) is 19.9. The number of rotatable bonds is 7. The first-order valence-corrected chi connectivity index (χ1v) is 9.52. The molecule has 2 aromatic rings. The van der Waals surface area contributed by atoms with E-state index in [1.54, 1.807) is 17.3 Å². The molecule has 0 aliphatic carbocycles. The van der Waals surface area contributed by atoms with Crippen LogP contribution in [0.3, 0.4) is 0 Å². The molecule has 2 N–H and O–H groups in total. The number of hydrogen-bond donors (Lipinski definition) is 2. The van der Waals surface area contributed by atoms with Crippen molar-refractivity contribution in [3.63, 3.8) is 0 Å². The normalized spacial score (nSPS) is 13.6. The molecular formula is C21H26BN4O6Re-. The molecule has 1 fully saturated rings. The number of likely N-dealkylation sites (tertiary alicyclic amines) is 1. The molecule has 1 aliphatic rings. The Hall–Kier alpha value is -2.70. The average molecular weight is 627 g/mol. The molecule has 0 saturated carbocycles. The SMILES string of the molecule is O=C(CN(Cc1ccccn1)Cc1ccccn1)N1CCCC1B(O)O.[CH+]=O.[CH-]=O.[CH-]=O.[Re]. The van der Waals surface area contributed by atoms with Gasteiger partial charge in [0, 0.05) is 57.2 Å². The summed E-state index contributed by atoms with van der Waals surface area (Å²) in [7, 11) is -1.50. The summed E-state index contributed by atoms with van der Waals surface area (Å²) in [4.78, 5) is 48.3. The molecule has 33 heavy (non-hydrogen) atoms. The van der Waals surface area contributed by atoms with Crippen LogP contribution in [0.25, 0.3) is 0 Å². The molecule has 0 aromatic carbocycles. The fraction of sp³-hybridized carbons (Fsp3) is 0.333. The fourth-order valence-electron chi connectivity index (χ4n) is 3.30. The van der Waals surface area contributed by atoms with Crippen LogP contribution >= 0.6 is 0 Å². The quantitative estimate of drug-likeness (QED) is 0.240. The molecule has 10 nitrogen and oxygen atoms in total. The summed E-state index contributed by atoms with van der Waals surface area (Å²) in [5.41, 5.74) is 1.74. The Balaban J connectivity index is 0. The second-order valence-electron chi connectivity index (χ2n) is 6.50. The van der Waals surface area contributed by atoms with Crippen LogP contribution in [0.1, 0.15) is 24.2 Å². The van der Waals surface area contributed by atoms with Crippen molar-refractivity contribution in [2.75, 3.05) is 13.1 Å². The van der Waals surface area contributed by atoms with Crippen molar-refractivity contribution >= 4 is 33.4 Å². The minimum absolute atomic E-state index is 0. The summed E-state index contributed by atoms with van der Waals surface area (Å²) in [6.45, 7) is 11.5. The number of carbonyl (C=O) groups is 1. The first-order valence-electron chi connectivity index (χ1n) is 9.52. The van der Waals surface area contributed by atoms with Crippen molar-refractivity contribution in [1.82, 2.24) is 19.8 Å². The Morgan fingerprint density at radius 3 is 1.91 bits per heavy atom. The maximum atomic E-state index is 12.8. The zero-order chi connectivity index (χ0) is 24.4. The predicted molar refractivity (Wildman–Crippen MR) is 118 cm³/mol. The third-order valence-corrected chi connectivity index (χ3v) is 4.55. The van der Waals surface area contributed by atoms with Gasteiger partial charge in [-0.15, -0.1) is 0 Å². The van der Waals surface area contributed by atoms with Gasteiger partial charge in [-0.05, 0) is 37.1 Å². The smallest absolute Gasteiger partial charge is 0.490 e. The van der Waals surface area contributed by atoms with Crippen molar-refractivity contribution in [1.29, 1.82) is 0 Å². The van der Waals surface area contributed by atoms with Gasteiger partial charge in [-0.3, -0.25) is 33.2 Å². The van der Waals surface area contributed by atoms with Gasteiger partial charge >= 0.3 is 13.9 Å². The molecule has 0 bridgehead atoms. The van der Waals surface area contributed by atoms with E-state index in [4.69, 9.17) is 14.4 Å². The molecule has 177 valence electrons. The zero-order valence-corrected chi connectivity index (χ0v) is 20.7. The molecule has 1 radical (unpaired) electrons. The van der Waals surface area contributed by atoms with E-state index >= 15 is 0 Å². The maximum absolute atomic E-state index is 12.8. The molecule has 1 atom stereocenters. The van der Waals surface area contributed by atoms with Gasteiger partial charge in [0.25, 0.3) is 0 Å². The van der Waals surface area contributed by atoms with Crippen molar-refractivity contribution in [2.24, 2.45) is 0 Å². The second-order valence-corrected chi connectivity index (χ2v) is 6.50. The van der Waals surface area contributed by atoms with E-state index in [1.807, 2.05) is 41.3 Å². The summed E-state index contributed by atoms with van der Waals surface area (Å²) in [6.07, 6.45) is 4.86. The van der Waals surface area contributed by atoms with E-state index in [1.165, 1.54) is 0 Å². The van der Waals surface area contributed by atoms with Crippen LogP contribution in [0.2, 0.25) is 0 Å². The summed E-state index contributed by atoms with van der Waals surface area (Å²) in [5, 5.41) is 19.0. The van der Waals surface area contributed by atoms with Crippen molar-refractivity contribution in [3.8, 4) is 0 Å². The predicted octanol–water partition coefficient (Wildman–Crippen LogP) is -0.343.